The van der Waals surface area contributed by atoms with Gasteiger partial charge in [-0.05, 0) is 55.8 Å². The van der Waals surface area contributed by atoms with Crippen molar-refractivity contribution in [1.82, 2.24) is 9.80 Å². The maximum atomic E-state index is 13.1. The van der Waals surface area contributed by atoms with Crippen molar-refractivity contribution < 1.29 is 27.3 Å². The number of thiocarbonyl (C=S) groups is 1. The molecule has 9 nitrogen and oxygen atoms in total. The number of carbonyl (C=O) groups is 2. The Kier molecular flexibility index (Phi) is 10.0. The molecule has 1 saturated heterocycles. The molecule has 2 aliphatic rings. The summed E-state index contributed by atoms with van der Waals surface area (Å²) in [6.07, 6.45) is 9.98. The van der Waals surface area contributed by atoms with E-state index in [1.807, 2.05) is 36.9 Å². The SMILES string of the molecule is CCCCN1C(=O)C(=C/C=C\C=C2/Oc3ccccc3N2CCCS(=O)(=O)O)C(=O)N(CCCC)C1=S. The molecule has 37 heavy (non-hydrogen) atoms. The molecule has 1 aromatic rings. The van der Waals surface area contributed by atoms with Crippen molar-refractivity contribution in [3.63, 3.8) is 0 Å². The Morgan fingerprint density at radius 1 is 0.892 bits per heavy atom. The summed E-state index contributed by atoms with van der Waals surface area (Å²) < 4.78 is 37.2. The van der Waals surface area contributed by atoms with Crippen LogP contribution in [0.2, 0.25) is 0 Å². The number of rotatable bonds is 12. The summed E-state index contributed by atoms with van der Waals surface area (Å²) in [5, 5.41) is 0.262. The highest BCUT2D eigenvalue weighted by Gasteiger charge is 2.38. The van der Waals surface area contributed by atoms with Crippen LogP contribution in [0.1, 0.15) is 46.0 Å². The lowest BCUT2D eigenvalue weighted by atomic mass is 10.1. The van der Waals surface area contributed by atoms with Crippen molar-refractivity contribution in [2.45, 2.75) is 46.0 Å². The largest absolute Gasteiger partial charge is 0.439 e. The summed E-state index contributed by atoms with van der Waals surface area (Å²) in [5.41, 5.74) is 0.830. The summed E-state index contributed by atoms with van der Waals surface area (Å²) in [5.74, 6) is -0.0788. The summed E-state index contributed by atoms with van der Waals surface area (Å²) in [4.78, 5) is 31.0. The van der Waals surface area contributed by atoms with Crippen LogP contribution in [0.5, 0.6) is 5.75 Å². The van der Waals surface area contributed by atoms with Crippen LogP contribution in [-0.4, -0.2) is 65.1 Å². The Hall–Kier alpha value is -3.02. The van der Waals surface area contributed by atoms with Crippen molar-refractivity contribution in [3.05, 3.63) is 60.0 Å². The summed E-state index contributed by atoms with van der Waals surface area (Å²) in [7, 11) is -4.07. The molecule has 2 heterocycles. The summed E-state index contributed by atoms with van der Waals surface area (Å²) in [6.45, 7) is 5.28. The standard InChI is InChI=1S/C26H33N3O6S2/c1-3-5-16-28-24(30)20(25(31)29(26(28)36)17-6-4-2)12-7-10-15-23-27(18-11-19-37(32,33)34)21-13-8-9-14-22(21)35-23/h7-10,12-15H,3-6,11,16-19H2,1-2H3,(H,32,33,34)/b10-7-,23-15-. The minimum atomic E-state index is -4.07. The molecule has 0 bridgehead atoms. The van der Waals surface area contributed by atoms with Gasteiger partial charge in [0.1, 0.15) is 5.57 Å². The molecule has 0 atom stereocenters. The van der Waals surface area contributed by atoms with E-state index in [-0.39, 0.29) is 22.9 Å². The van der Waals surface area contributed by atoms with E-state index in [1.165, 1.54) is 15.9 Å². The van der Waals surface area contributed by atoms with Gasteiger partial charge in [0.25, 0.3) is 21.9 Å². The first-order chi connectivity index (χ1) is 17.7. The number of anilines is 1. The van der Waals surface area contributed by atoms with Crippen molar-refractivity contribution in [3.8, 4) is 5.75 Å². The molecular weight excluding hydrogens is 514 g/mol. The number of allylic oxidation sites excluding steroid dienone is 4. The molecule has 11 heteroatoms. The third-order valence-electron chi connectivity index (χ3n) is 5.92. The fraction of sp³-hybridized carbons (Fsp3) is 0.423. The van der Waals surface area contributed by atoms with Crippen LogP contribution in [0, 0.1) is 0 Å². The monoisotopic (exact) mass is 547 g/mol. The number of benzene rings is 1. The Morgan fingerprint density at radius 3 is 2.05 bits per heavy atom. The second kappa shape index (κ2) is 13.0. The number of fused-ring (bicyclic) bond motifs is 1. The molecule has 0 saturated carbocycles. The van der Waals surface area contributed by atoms with E-state index in [1.54, 1.807) is 24.3 Å². The van der Waals surface area contributed by atoms with Crippen LogP contribution in [0.3, 0.4) is 0 Å². The van der Waals surface area contributed by atoms with Gasteiger partial charge in [0.2, 0.25) is 5.88 Å². The van der Waals surface area contributed by atoms with Crippen LogP contribution in [-0.2, 0) is 19.7 Å². The maximum absolute atomic E-state index is 13.1. The number of para-hydroxylation sites is 2. The zero-order chi connectivity index (χ0) is 27.0. The Balaban J connectivity index is 1.81. The van der Waals surface area contributed by atoms with E-state index in [0.29, 0.717) is 31.3 Å². The first kappa shape index (κ1) is 28.5. The smallest absolute Gasteiger partial charge is 0.265 e. The predicted molar refractivity (Wildman–Crippen MR) is 147 cm³/mol. The number of hydrogen-bond donors (Lipinski definition) is 1. The minimum absolute atomic E-state index is 0.0519. The van der Waals surface area contributed by atoms with Gasteiger partial charge in [0.15, 0.2) is 10.9 Å². The lowest BCUT2D eigenvalue weighted by Crippen LogP contribution is -2.56. The normalized spacial score (nSPS) is 17.3. The molecule has 0 aliphatic carbocycles. The van der Waals surface area contributed by atoms with Gasteiger partial charge < -0.3 is 9.64 Å². The van der Waals surface area contributed by atoms with Crippen molar-refractivity contribution in [2.75, 3.05) is 30.3 Å². The molecular formula is C26H33N3O6S2. The highest BCUT2D eigenvalue weighted by atomic mass is 32.2. The van der Waals surface area contributed by atoms with Crippen molar-refractivity contribution in [1.29, 1.82) is 0 Å². The number of amides is 2. The van der Waals surface area contributed by atoms with Crippen molar-refractivity contribution >= 4 is 45.0 Å². The topological polar surface area (TPSA) is 107 Å². The maximum Gasteiger partial charge on any atom is 0.265 e. The quantitative estimate of drug-likeness (QED) is 0.181. The van der Waals surface area contributed by atoms with E-state index >= 15 is 0 Å². The average molecular weight is 548 g/mol. The van der Waals surface area contributed by atoms with Gasteiger partial charge in [-0.25, -0.2) is 0 Å². The zero-order valence-electron chi connectivity index (χ0n) is 21.1. The van der Waals surface area contributed by atoms with Crippen LogP contribution in [0.15, 0.2) is 60.0 Å². The molecule has 0 aromatic heterocycles. The van der Waals surface area contributed by atoms with Gasteiger partial charge in [0, 0.05) is 19.6 Å². The lowest BCUT2D eigenvalue weighted by molar-refractivity contribution is -0.133. The van der Waals surface area contributed by atoms with Gasteiger partial charge in [0.05, 0.1) is 11.4 Å². The van der Waals surface area contributed by atoms with Gasteiger partial charge in [-0.15, -0.1) is 0 Å². The fourth-order valence-electron chi connectivity index (χ4n) is 3.97. The molecule has 2 aliphatic heterocycles. The lowest BCUT2D eigenvalue weighted by Gasteiger charge is -2.36. The first-order valence-electron chi connectivity index (χ1n) is 12.4. The average Bonchev–Trinajstić information content (AvgIpc) is 3.20. The zero-order valence-corrected chi connectivity index (χ0v) is 22.8. The van der Waals surface area contributed by atoms with Crippen LogP contribution < -0.4 is 9.64 Å². The molecule has 2 amide bonds. The highest BCUT2D eigenvalue weighted by molar-refractivity contribution is 7.85. The van der Waals surface area contributed by atoms with Crippen LogP contribution in [0.25, 0.3) is 0 Å². The minimum Gasteiger partial charge on any atom is -0.439 e. The third kappa shape index (κ3) is 7.27. The van der Waals surface area contributed by atoms with Crippen LogP contribution in [0.4, 0.5) is 5.69 Å². The molecule has 1 fully saturated rings. The number of unbranched alkanes of at least 4 members (excludes halogenated alkanes) is 2. The predicted octanol–water partition coefficient (Wildman–Crippen LogP) is 4.04. The van der Waals surface area contributed by atoms with E-state index < -0.39 is 21.9 Å². The number of nitrogens with zero attached hydrogens (tertiary/aromatic N) is 3. The van der Waals surface area contributed by atoms with Crippen LogP contribution >= 0.6 is 12.2 Å². The van der Waals surface area contributed by atoms with Crippen molar-refractivity contribution in [2.24, 2.45) is 0 Å². The number of ether oxygens (including phenoxy) is 1. The van der Waals surface area contributed by atoms with Gasteiger partial charge >= 0.3 is 0 Å². The molecule has 0 unspecified atom stereocenters. The number of carbonyl (C=O) groups excluding carboxylic acids is 2. The molecule has 1 aromatic carbocycles. The van der Waals surface area contributed by atoms with Gasteiger partial charge in [-0.2, -0.15) is 8.42 Å². The van der Waals surface area contributed by atoms with E-state index in [4.69, 9.17) is 21.5 Å². The third-order valence-corrected chi connectivity index (χ3v) is 7.16. The molecule has 1 N–H and O–H groups in total. The number of hydrogen-bond acceptors (Lipinski definition) is 7. The van der Waals surface area contributed by atoms with E-state index in [9.17, 15) is 18.0 Å². The molecule has 0 radical (unpaired) electrons. The Bertz CT molecular complexity index is 1190. The summed E-state index contributed by atoms with van der Waals surface area (Å²) >= 11 is 5.48. The van der Waals surface area contributed by atoms with Gasteiger partial charge in [-0.1, -0.05) is 51.0 Å². The molecule has 200 valence electrons. The van der Waals surface area contributed by atoms with Gasteiger partial charge in [-0.3, -0.25) is 23.9 Å². The second-order valence-electron chi connectivity index (χ2n) is 8.73. The van der Waals surface area contributed by atoms with E-state index in [2.05, 4.69) is 0 Å². The molecule has 0 spiro atoms. The van der Waals surface area contributed by atoms with E-state index in [0.717, 1.165) is 31.4 Å². The second-order valence-corrected chi connectivity index (χ2v) is 10.7. The Labute approximate surface area is 223 Å². The first-order valence-corrected chi connectivity index (χ1v) is 14.5. The fourth-order valence-corrected chi connectivity index (χ4v) is 4.82. The highest BCUT2D eigenvalue weighted by Crippen LogP contribution is 2.38. The molecule has 3 rings (SSSR count). The summed E-state index contributed by atoms with van der Waals surface area (Å²) in [6, 6.07) is 7.33. The Morgan fingerprint density at radius 2 is 1.46 bits per heavy atom.